The average Bonchev–Trinajstić information content (AvgIpc) is 3.22. The summed E-state index contributed by atoms with van der Waals surface area (Å²) in [4.78, 5) is 18.0. The molecule has 1 atom stereocenters. The molecule has 1 aliphatic heterocycles. The van der Waals surface area contributed by atoms with Crippen molar-refractivity contribution in [2.45, 2.75) is 26.3 Å². The molecule has 3 aromatic rings. The number of ether oxygens (including phenoxy) is 1. The Kier molecular flexibility index (Phi) is 4.01. The average molecular weight is 340 g/mol. The fraction of sp³-hybridized carbons (Fsp3) is 0.389. The summed E-state index contributed by atoms with van der Waals surface area (Å²) in [5.74, 6) is 0.951. The first-order chi connectivity index (χ1) is 12.1. The van der Waals surface area contributed by atoms with E-state index in [-0.39, 0.29) is 11.9 Å². The highest BCUT2D eigenvalue weighted by Gasteiger charge is 2.32. The van der Waals surface area contributed by atoms with E-state index in [1.165, 1.54) is 5.56 Å². The summed E-state index contributed by atoms with van der Waals surface area (Å²) in [7, 11) is 0. The summed E-state index contributed by atoms with van der Waals surface area (Å²) >= 11 is 0. The van der Waals surface area contributed by atoms with Gasteiger partial charge in [0.1, 0.15) is 6.04 Å². The Morgan fingerprint density at radius 2 is 2.24 bits per heavy atom. The molecule has 3 heterocycles. The minimum absolute atomic E-state index is 0.0339. The van der Waals surface area contributed by atoms with Crippen molar-refractivity contribution in [1.82, 2.24) is 20.1 Å². The van der Waals surface area contributed by atoms with Gasteiger partial charge in [-0.2, -0.15) is 0 Å². The zero-order chi connectivity index (χ0) is 17.4. The van der Waals surface area contributed by atoms with Crippen LogP contribution in [0.1, 0.15) is 29.0 Å². The minimum atomic E-state index is -0.325. The number of para-hydroxylation sites is 1. The Balaban J connectivity index is 1.59. The number of aromatic nitrogens is 3. The number of nitrogens with zero attached hydrogens (tertiary/aromatic N) is 3. The second-order valence-corrected chi connectivity index (χ2v) is 6.33. The fourth-order valence-corrected chi connectivity index (χ4v) is 3.33. The maximum absolute atomic E-state index is 13.0. The first-order valence-electron chi connectivity index (χ1n) is 8.36. The number of carbonyl (C=O) groups excluding carboxylic acids is 1. The number of fused-ring (bicyclic) bond motifs is 1. The lowest BCUT2D eigenvalue weighted by Gasteiger charge is -2.33. The fourth-order valence-electron chi connectivity index (χ4n) is 3.33. The quantitative estimate of drug-likeness (QED) is 0.791. The molecule has 7 nitrogen and oxygen atoms in total. The summed E-state index contributed by atoms with van der Waals surface area (Å²) < 4.78 is 11.0. The summed E-state index contributed by atoms with van der Waals surface area (Å²) in [5.41, 5.74) is 3.24. The number of hydrogen-bond acceptors (Lipinski definition) is 5. The van der Waals surface area contributed by atoms with E-state index in [0.29, 0.717) is 38.0 Å². The van der Waals surface area contributed by atoms with Crippen molar-refractivity contribution >= 4 is 16.8 Å². The highest BCUT2D eigenvalue weighted by molar-refractivity contribution is 5.90. The van der Waals surface area contributed by atoms with Gasteiger partial charge >= 0.3 is 0 Å². The van der Waals surface area contributed by atoms with Gasteiger partial charge < -0.3 is 19.0 Å². The number of benzene rings is 1. The van der Waals surface area contributed by atoms with Gasteiger partial charge in [-0.05, 0) is 18.1 Å². The van der Waals surface area contributed by atoms with Gasteiger partial charge in [0.25, 0.3) is 0 Å². The summed E-state index contributed by atoms with van der Waals surface area (Å²) in [6.07, 6.45) is 2.24. The Labute approximate surface area is 145 Å². The van der Waals surface area contributed by atoms with Crippen LogP contribution < -0.4 is 0 Å². The van der Waals surface area contributed by atoms with Crippen molar-refractivity contribution in [1.29, 1.82) is 0 Å². The molecule has 0 bridgehead atoms. The zero-order valence-corrected chi connectivity index (χ0v) is 14.3. The van der Waals surface area contributed by atoms with Crippen LogP contribution in [0.2, 0.25) is 0 Å². The standard InChI is InChI=1S/C18H20N4O3/c1-11-4-3-5-14-13(9-19-17(11)14)8-16(23)22-6-7-24-10-15(22)18-21-20-12(2)25-18/h3-5,9,15,19H,6-8,10H2,1-2H3. The SMILES string of the molecule is Cc1nnc(C2COCCN2C(=O)Cc2c[nH]c3c(C)cccc23)o1. The third-order valence-corrected chi connectivity index (χ3v) is 4.63. The number of aryl methyl sites for hydroxylation is 2. The molecule has 2 aromatic heterocycles. The van der Waals surface area contributed by atoms with E-state index in [4.69, 9.17) is 9.15 Å². The van der Waals surface area contributed by atoms with Crippen molar-refractivity contribution in [3.05, 3.63) is 47.3 Å². The van der Waals surface area contributed by atoms with Crippen LogP contribution in [0.4, 0.5) is 0 Å². The van der Waals surface area contributed by atoms with Gasteiger partial charge in [0.15, 0.2) is 0 Å². The van der Waals surface area contributed by atoms with Gasteiger partial charge in [0.2, 0.25) is 17.7 Å². The largest absolute Gasteiger partial charge is 0.423 e. The van der Waals surface area contributed by atoms with Crippen LogP contribution >= 0.6 is 0 Å². The van der Waals surface area contributed by atoms with Gasteiger partial charge in [0.05, 0.1) is 19.6 Å². The molecule has 1 aromatic carbocycles. The second-order valence-electron chi connectivity index (χ2n) is 6.33. The summed E-state index contributed by atoms with van der Waals surface area (Å²) in [6.45, 7) is 5.20. The van der Waals surface area contributed by atoms with E-state index >= 15 is 0 Å². The van der Waals surface area contributed by atoms with Gasteiger partial charge in [-0.15, -0.1) is 10.2 Å². The van der Waals surface area contributed by atoms with E-state index in [1.807, 2.05) is 18.3 Å². The molecule has 4 rings (SSSR count). The molecule has 0 saturated carbocycles. The molecule has 130 valence electrons. The molecule has 0 spiro atoms. The first kappa shape index (κ1) is 15.8. The Morgan fingerprint density at radius 3 is 3.04 bits per heavy atom. The lowest BCUT2D eigenvalue weighted by molar-refractivity contribution is -0.140. The topological polar surface area (TPSA) is 84.3 Å². The number of H-pyrrole nitrogens is 1. The molecule has 7 heteroatoms. The van der Waals surface area contributed by atoms with E-state index in [0.717, 1.165) is 16.5 Å². The molecule has 1 unspecified atom stereocenters. The highest BCUT2D eigenvalue weighted by Crippen LogP contribution is 2.26. The Bertz CT molecular complexity index is 914. The first-order valence-corrected chi connectivity index (χ1v) is 8.36. The van der Waals surface area contributed by atoms with E-state index in [2.05, 4.69) is 28.2 Å². The molecule has 0 aliphatic carbocycles. The molecular weight excluding hydrogens is 320 g/mol. The Morgan fingerprint density at radius 1 is 1.36 bits per heavy atom. The number of carbonyl (C=O) groups is 1. The lowest BCUT2D eigenvalue weighted by atomic mass is 10.1. The highest BCUT2D eigenvalue weighted by atomic mass is 16.5. The van der Waals surface area contributed by atoms with E-state index in [1.54, 1.807) is 11.8 Å². The van der Waals surface area contributed by atoms with Crippen LogP contribution in [0.15, 0.2) is 28.8 Å². The molecule has 0 radical (unpaired) electrons. The summed E-state index contributed by atoms with van der Waals surface area (Å²) in [5, 5.41) is 9.02. The van der Waals surface area contributed by atoms with E-state index in [9.17, 15) is 4.79 Å². The van der Waals surface area contributed by atoms with Gasteiger partial charge in [-0.1, -0.05) is 18.2 Å². The number of nitrogens with one attached hydrogen (secondary N) is 1. The number of amides is 1. The van der Waals surface area contributed by atoms with Crippen LogP contribution in [0.3, 0.4) is 0 Å². The molecular formula is C18H20N4O3. The number of hydrogen-bond donors (Lipinski definition) is 1. The third kappa shape index (κ3) is 2.91. The molecule has 25 heavy (non-hydrogen) atoms. The van der Waals surface area contributed by atoms with Crippen LogP contribution in [0, 0.1) is 13.8 Å². The van der Waals surface area contributed by atoms with Crippen molar-refractivity contribution in [2.75, 3.05) is 19.8 Å². The van der Waals surface area contributed by atoms with Crippen LogP contribution in [-0.2, 0) is 16.0 Å². The van der Waals surface area contributed by atoms with Crippen LogP contribution in [0.25, 0.3) is 10.9 Å². The maximum Gasteiger partial charge on any atom is 0.241 e. The number of aromatic amines is 1. The van der Waals surface area contributed by atoms with Crippen molar-refractivity contribution < 1.29 is 13.9 Å². The predicted molar refractivity (Wildman–Crippen MR) is 91.0 cm³/mol. The lowest BCUT2D eigenvalue weighted by Crippen LogP contribution is -2.44. The number of morpholine rings is 1. The number of rotatable bonds is 3. The van der Waals surface area contributed by atoms with Crippen molar-refractivity contribution in [3.8, 4) is 0 Å². The third-order valence-electron chi connectivity index (χ3n) is 4.63. The van der Waals surface area contributed by atoms with E-state index < -0.39 is 0 Å². The van der Waals surface area contributed by atoms with Crippen molar-refractivity contribution in [3.63, 3.8) is 0 Å². The molecule has 1 aliphatic rings. The second kappa shape index (κ2) is 6.33. The summed E-state index contributed by atoms with van der Waals surface area (Å²) in [6, 6.07) is 5.78. The van der Waals surface area contributed by atoms with Gasteiger partial charge in [-0.3, -0.25) is 4.79 Å². The molecule has 1 amide bonds. The minimum Gasteiger partial charge on any atom is -0.423 e. The maximum atomic E-state index is 13.0. The molecule has 1 saturated heterocycles. The van der Waals surface area contributed by atoms with Gasteiger partial charge in [-0.25, -0.2) is 0 Å². The molecule has 1 N–H and O–H groups in total. The molecule has 1 fully saturated rings. The smallest absolute Gasteiger partial charge is 0.241 e. The predicted octanol–water partition coefficient (Wildman–Crippen LogP) is 2.31. The monoisotopic (exact) mass is 340 g/mol. The van der Waals surface area contributed by atoms with Crippen molar-refractivity contribution in [2.24, 2.45) is 0 Å². The Hall–Kier alpha value is -2.67. The van der Waals surface area contributed by atoms with Crippen LogP contribution in [-0.4, -0.2) is 45.7 Å². The zero-order valence-electron chi connectivity index (χ0n) is 14.3. The van der Waals surface area contributed by atoms with Gasteiger partial charge in [0, 0.05) is 30.6 Å². The normalized spacial score (nSPS) is 18.0. The van der Waals surface area contributed by atoms with Crippen LogP contribution in [0.5, 0.6) is 0 Å².